The van der Waals surface area contributed by atoms with Crippen LogP contribution in [0.2, 0.25) is 0 Å². The van der Waals surface area contributed by atoms with Crippen LogP contribution in [0.1, 0.15) is 0 Å². The first-order valence-corrected chi connectivity index (χ1v) is 17.6. The number of anilines is 3. The predicted octanol–water partition coefficient (Wildman–Crippen LogP) is 13.3. The minimum absolute atomic E-state index is 1.16. The third-order valence-corrected chi connectivity index (χ3v) is 11.4. The van der Waals surface area contributed by atoms with E-state index in [0.29, 0.717) is 0 Å². The fourth-order valence-electron chi connectivity index (χ4n) is 8.18. The summed E-state index contributed by atoms with van der Waals surface area (Å²) in [6.07, 6.45) is 0. The van der Waals surface area contributed by atoms with Crippen LogP contribution in [-0.2, 0) is 0 Å². The van der Waals surface area contributed by atoms with Gasteiger partial charge in [0.1, 0.15) is 0 Å². The molecule has 0 radical (unpaired) electrons. The van der Waals surface area contributed by atoms with Crippen LogP contribution in [-0.4, -0.2) is 4.57 Å². The molecule has 1 aliphatic rings. The molecule has 0 amide bonds. The predicted molar refractivity (Wildman–Crippen MR) is 210 cm³/mol. The van der Waals surface area contributed by atoms with Crippen molar-refractivity contribution in [3.8, 4) is 5.69 Å². The molecule has 0 saturated heterocycles. The Morgan fingerprint density at radius 3 is 1.65 bits per heavy atom. The number of para-hydroxylation sites is 2. The number of rotatable bonds is 2. The topological polar surface area (TPSA) is 8.17 Å². The molecule has 1 aromatic heterocycles. The monoisotopic (exact) mass is 640 g/mol. The van der Waals surface area contributed by atoms with Gasteiger partial charge >= 0.3 is 0 Å². The SMILES string of the molecule is c1ccc(-n2c3cc4c(cc3c3cc5c6ccccc6c6ccccc6c5cc32)Sc2ccccc2N4c2cccc3ccccc23)cc1. The zero-order chi connectivity index (χ0) is 32.1. The highest BCUT2D eigenvalue weighted by Crippen LogP contribution is 2.54. The average molecular weight is 641 g/mol. The minimum Gasteiger partial charge on any atom is -0.309 e. The van der Waals surface area contributed by atoms with Gasteiger partial charge in [-0.05, 0) is 92.3 Å². The molecule has 0 N–H and O–H groups in total. The molecule has 2 heterocycles. The van der Waals surface area contributed by atoms with Gasteiger partial charge in [-0.1, -0.05) is 127 Å². The lowest BCUT2D eigenvalue weighted by Gasteiger charge is -2.34. The van der Waals surface area contributed by atoms with Gasteiger partial charge in [0.15, 0.2) is 0 Å². The largest absolute Gasteiger partial charge is 0.309 e. The lowest BCUT2D eigenvalue weighted by molar-refractivity contribution is 1.15. The molecule has 1 aliphatic heterocycles. The van der Waals surface area contributed by atoms with Crippen molar-refractivity contribution in [3.05, 3.63) is 170 Å². The molecule has 2 nitrogen and oxygen atoms in total. The maximum atomic E-state index is 2.48. The molecule has 3 heteroatoms. The number of aromatic nitrogens is 1. The molecular weight excluding hydrogens is 613 g/mol. The van der Waals surface area contributed by atoms with Gasteiger partial charge in [0.25, 0.3) is 0 Å². The summed E-state index contributed by atoms with van der Waals surface area (Å²) in [6.45, 7) is 0. The van der Waals surface area contributed by atoms with Crippen LogP contribution in [0.4, 0.5) is 17.1 Å². The molecule has 0 spiro atoms. The molecular formula is C46H28N2S. The quantitative estimate of drug-likeness (QED) is 0.174. The van der Waals surface area contributed by atoms with Gasteiger partial charge in [0.2, 0.25) is 0 Å². The Morgan fingerprint density at radius 2 is 0.878 bits per heavy atom. The number of hydrogen-bond donors (Lipinski definition) is 0. The first kappa shape index (κ1) is 27.0. The molecule has 11 rings (SSSR count). The molecule has 10 aromatic rings. The molecule has 0 saturated carbocycles. The molecule has 0 aliphatic carbocycles. The summed E-state index contributed by atoms with van der Waals surface area (Å²) < 4.78 is 2.47. The zero-order valence-corrected chi connectivity index (χ0v) is 27.3. The maximum Gasteiger partial charge on any atom is 0.0623 e. The van der Waals surface area contributed by atoms with E-state index in [0.717, 1.165) is 5.69 Å². The van der Waals surface area contributed by atoms with Crippen molar-refractivity contribution in [1.29, 1.82) is 0 Å². The fraction of sp³-hybridized carbons (Fsp3) is 0. The first-order chi connectivity index (χ1) is 24.3. The third kappa shape index (κ3) is 3.85. The first-order valence-electron chi connectivity index (χ1n) is 16.8. The van der Waals surface area contributed by atoms with Gasteiger partial charge < -0.3 is 9.47 Å². The average Bonchev–Trinajstić information content (AvgIpc) is 3.47. The Hall–Kier alpha value is -6.03. The Kier molecular flexibility index (Phi) is 5.63. The van der Waals surface area contributed by atoms with Crippen molar-refractivity contribution < 1.29 is 0 Å². The van der Waals surface area contributed by atoms with Crippen molar-refractivity contribution in [2.45, 2.75) is 9.79 Å². The van der Waals surface area contributed by atoms with Gasteiger partial charge in [-0.25, -0.2) is 0 Å². The normalized spacial score (nSPS) is 12.8. The molecule has 0 bridgehead atoms. The van der Waals surface area contributed by atoms with E-state index < -0.39 is 0 Å². The van der Waals surface area contributed by atoms with Gasteiger partial charge in [0, 0.05) is 31.6 Å². The van der Waals surface area contributed by atoms with E-state index in [4.69, 9.17) is 0 Å². The number of hydrogen-bond acceptors (Lipinski definition) is 2. The molecule has 49 heavy (non-hydrogen) atoms. The number of benzene rings is 9. The van der Waals surface area contributed by atoms with Crippen LogP contribution >= 0.6 is 11.8 Å². The maximum absolute atomic E-state index is 2.48. The summed E-state index contributed by atoms with van der Waals surface area (Å²) in [6, 6.07) is 62.5. The van der Waals surface area contributed by atoms with Crippen molar-refractivity contribution in [3.63, 3.8) is 0 Å². The highest BCUT2D eigenvalue weighted by Gasteiger charge is 2.28. The van der Waals surface area contributed by atoms with Crippen LogP contribution in [0.3, 0.4) is 0 Å². The zero-order valence-electron chi connectivity index (χ0n) is 26.5. The molecule has 0 fully saturated rings. The Bertz CT molecular complexity index is 2970. The Morgan fingerprint density at radius 1 is 0.327 bits per heavy atom. The number of fused-ring (bicyclic) bond motifs is 12. The van der Waals surface area contributed by atoms with E-state index in [2.05, 4.69) is 179 Å². The van der Waals surface area contributed by atoms with E-state index in [1.54, 1.807) is 0 Å². The Balaban J connectivity index is 1.30. The van der Waals surface area contributed by atoms with Crippen LogP contribution < -0.4 is 4.90 Å². The van der Waals surface area contributed by atoms with Gasteiger partial charge in [-0.2, -0.15) is 0 Å². The molecule has 228 valence electrons. The summed E-state index contributed by atoms with van der Waals surface area (Å²) in [5.74, 6) is 0. The summed E-state index contributed by atoms with van der Waals surface area (Å²) in [7, 11) is 0. The second-order valence-electron chi connectivity index (χ2n) is 12.9. The minimum atomic E-state index is 1.16. The highest BCUT2D eigenvalue weighted by molar-refractivity contribution is 7.99. The number of nitrogens with zero attached hydrogens (tertiary/aromatic N) is 2. The smallest absolute Gasteiger partial charge is 0.0623 e. The lowest BCUT2D eigenvalue weighted by Crippen LogP contribution is -2.15. The van der Waals surface area contributed by atoms with Crippen molar-refractivity contribution >= 4 is 93.7 Å². The van der Waals surface area contributed by atoms with Crippen LogP contribution in [0, 0.1) is 0 Å². The third-order valence-electron chi connectivity index (χ3n) is 10.3. The van der Waals surface area contributed by atoms with E-state index >= 15 is 0 Å². The molecule has 0 unspecified atom stereocenters. The van der Waals surface area contributed by atoms with Crippen molar-refractivity contribution in [2.24, 2.45) is 0 Å². The van der Waals surface area contributed by atoms with Crippen molar-refractivity contribution in [2.75, 3.05) is 4.90 Å². The van der Waals surface area contributed by atoms with Gasteiger partial charge in [-0.15, -0.1) is 0 Å². The van der Waals surface area contributed by atoms with Crippen molar-refractivity contribution in [1.82, 2.24) is 4.57 Å². The van der Waals surface area contributed by atoms with Gasteiger partial charge in [-0.3, -0.25) is 0 Å². The lowest BCUT2D eigenvalue weighted by atomic mass is 9.93. The second kappa shape index (κ2) is 10.2. The summed E-state index contributed by atoms with van der Waals surface area (Å²) >= 11 is 1.87. The van der Waals surface area contributed by atoms with Crippen LogP contribution in [0.25, 0.3) is 70.6 Å². The molecule has 0 atom stereocenters. The fourth-order valence-corrected chi connectivity index (χ4v) is 9.26. The van der Waals surface area contributed by atoms with Crippen LogP contribution in [0.15, 0.2) is 180 Å². The van der Waals surface area contributed by atoms with Gasteiger partial charge in [0.05, 0.1) is 28.1 Å². The highest BCUT2D eigenvalue weighted by atomic mass is 32.2. The second-order valence-corrected chi connectivity index (χ2v) is 14.0. The standard InChI is InChI=1S/C46H28N2S/c1-2-15-30(16-3-1)47-42-26-37-35-21-9-7-19-33(35)32-18-6-8-20-34(32)36(37)25-38(42)39-27-46-44(28-43(39)47)48(41-22-10-11-24-45(41)49-46)40-23-12-14-29-13-4-5-17-31(29)40/h1-28H. The van der Waals surface area contributed by atoms with Crippen LogP contribution in [0.5, 0.6) is 0 Å². The van der Waals surface area contributed by atoms with E-state index in [1.807, 2.05) is 11.8 Å². The summed E-state index contributed by atoms with van der Waals surface area (Å²) in [4.78, 5) is 5.00. The summed E-state index contributed by atoms with van der Waals surface area (Å²) in [5, 5.41) is 12.8. The van der Waals surface area contributed by atoms with E-state index in [-0.39, 0.29) is 0 Å². The van der Waals surface area contributed by atoms with E-state index in [1.165, 1.54) is 91.7 Å². The van der Waals surface area contributed by atoms with E-state index in [9.17, 15) is 0 Å². The molecule has 9 aromatic carbocycles. The summed E-state index contributed by atoms with van der Waals surface area (Å²) in [5.41, 5.74) is 7.18. The Labute approximate surface area is 287 Å².